The zero-order valence-electron chi connectivity index (χ0n) is 12.7. The van der Waals surface area contributed by atoms with E-state index in [1.807, 2.05) is 4.90 Å². The molecule has 110 valence electrons. The lowest BCUT2D eigenvalue weighted by molar-refractivity contribution is -0.127. The first-order chi connectivity index (χ1) is 9.40. The van der Waals surface area contributed by atoms with Crippen LogP contribution >= 0.6 is 0 Å². The summed E-state index contributed by atoms with van der Waals surface area (Å²) in [6.07, 6.45) is 1.38. The van der Waals surface area contributed by atoms with Gasteiger partial charge < -0.3 is 10.0 Å². The van der Waals surface area contributed by atoms with Gasteiger partial charge in [0, 0.05) is 32.0 Å². The number of aliphatic hydroxyl groups excluding tert-OH is 1. The SMILES string of the molecule is CC(C)(C)c1ccc(CCN2CC(CO)CC2=O)cc1. The molecule has 1 fully saturated rings. The third kappa shape index (κ3) is 3.60. The Morgan fingerprint density at radius 2 is 1.90 bits per heavy atom. The molecule has 1 aliphatic rings. The van der Waals surface area contributed by atoms with Gasteiger partial charge in [-0.1, -0.05) is 45.0 Å². The molecular weight excluding hydrogens is 250 g/mol. The summed E-state index contributed by atoms with van der Waals surface area (Å²) in [5, 5.41) is 9.11. The molecule has 0 aromatic heterocycles. The van der Waals surface area contributed by atoms with Gasteiger partial charge >= 0.3 is 0 Å². The summed E-state index contributed by atoms with van der Waals surface area (Å²) >= 11 is 0. The summed E-state index contributed by atoms with van der Waals surface area (Å²) in [7, 11) is 0. The van der Waals surface area contributed by atoms with Gasteiger partial charge in [-0.15, -0.1) is 0 Å². The Bertz CT molecular complexity index is 459. The first-order valence-corrected chi connectivity index (χ1v) is 7.38. The van der Waals surface area contributed by atoms with Crippen molar-refractivity contribution in [1.29, 1.82) is 0 Å². The molecule has 1 aromatic carbocycles. The Kier molecular flexibility index (Phi) is 4.48. The van der Waals surface area contributed by atoms with Crippen LogP contribution in [0.5, 0.6) is 0 Å². The van der Waals surface area contributed by atoms with E-state index in [9.17, 15) is 4.79 Å². The topological polar surface area (TPSA) is 40.5 Å². The number of hydrogen-bond donors (Lipinski definition) is 1. The highest BCUT2D eigenvalue weighted by molar-refractivity contribution is 5.78. The van der Waals surface area contributed by atoms with Crippen LogP contribution in [0.25, 0.3) is 0 Å². The minimum atomic E-state index is 0.114. The van der Waals surface area contributed by atoms with E-state index in [0.29, 0.717) is 13.0 Å². The molecule has 1 saturated heterocycles. The summed E-state index contributed by atoms with van der Waals surface area (Å²) < 4.78 is 0. The van der Waals surface area contributed by atoms with E-state index in [-0.39, 0.29) is 23.8 Å². The average Bonchev–Trinajstić information content (AvgIpc) is 2.76. The maximum atomic E-state index is 11.8. The van der Waals surface area contributed by atoms with Crippen molar-refractivity contribution >= 4 is 5.91 Å². The second-order valence-corrected chi connectivity index (χ2v) is 6.79. The van der Waals surface area contributed by atoms with Gasteiger partial charge in [0.05, 0.1) is 0 Å². The Balaban J connectivity index is 1.90. The van der Waals surface area contributed by atoms with E-state index in [1.165, 1.54) is 11.1 Å². The number of benzene rings is 1. The van der Waals surface area contributed by atoms with Crippen LogP contribution in [-0.4, -0.2) is 35.6 Å². The smallest absolute Gasteiger partial charge is 0.223 e. The fourth-order valence-electron chi connectivity index (χ4n) is 2.63. The van der Waals surface area contributed by atoms with Gasteiger partial charge in [0.1, 0.15) is 0 Å². The van der Waals surface area contributed by atoms with Crippen molar-refractivity contribution in [2.75, 3.05) is 19.7 Å². The average molecular weight is 275 g/mol. The van der Waals surface area contributed by atoms with Gasteiger partial charge in [-0.25, -0.2) is 0 Å². The quantitative estimate of drug-likeness (QED) is 0.916. The van der Waals surface area contributed by atoms with Crippen LogP contribution in [0.2, 0.25) is 0 Å². The van der Waals surface area contributed by atoms with Crippen LogP contribution in [0.4, 0.5) is 0 Å². The molecule has 1 aromatic rings. The molecule has 1 amide bonds. The van der Waals surface area contributed by atoms with Crippen molar-refractivity contribution < 1.29 is 9.90 Å². The molecule has 0 saturated carbocycles. The first kappa shape index (κ1) is 15.0. The van der Waals surface area contributed by atoms with Crippen molar-refractivity contribution in [1.82, 2.24) is 4.90 Å². The van der Waals surface area contributed by atoms with E-state index < -0.39 is 0 Å². The Morgan fingerprint density at radius 3 is 2.40 bits per heavy atom. The van der Waals surface area contributed by atoms with Crippen molar-refractivity contribution in [3.63, 3.8) is 0 Å². The molecule has 3 nitrogen and oxygen atoms in total. The lowest BCUT2D eigenvalue weighted by Crippen LogP contribution is -2.27. The van der Waals surface area contributed by atoms with Gasteiger partial charge in [-0.2, -0.15) is 0 Å². The van der Waals surface area contributed by atoms with Crippen molar-refractivity contribution in [2.45, 2.75) is 39.0 Å². The largest absolute Gasteiger partial charge is 0.396 e. The molecule has 1 atom stereocenters. The standard InChI is InChI=1S/C17H25NO2/c1-17(2,3)15-6-4-13(5-7-15)8-9-18-11-14(12-19)10-16(18)20/h4-7,14,19H,8-12H2,1-3H3. The first-order valence-electron chi connectivity index (χ1n) is 7.38. The number of rotatable bonds is 4. The lowest BCUT2D eigenvalue weighted by atomic mass is 9.86. The summed E-state index contributed by atoms with van der Waals surface area (Å²) in [4.78, 5) is 13.6. The third-order valence-electron chi connectivity index (χ3n) is 4.04. The van der Waals surface area contributed by atoms with Crippen molar-refractivity contribution in [2.24, 2.45) is 5.92 Å². The van der Waals surface area contributed by atoms with Crippen LogP contribution in [0.1, 0.15) is 38.3 Å². The zero-order chi connectivity index (χ0) is 14.8. The monoisotopic (exact) mass is 275 g/mol. The second-order valence-electron chi connectivity index (χ2n) is 6.79. The number of hydrogen-bond acceptors (Lipinski definition) is 2. The molecule has 1 unspecified atom stereocenters. The van der Waals surface area contributed by atoms with E-state index >= 15 is 0 Å². The predicted octanol–water partition coefficient (Wildman–Crippen LogP) is 2.37. The van der Waals surface area contributed by atoms with Crippen molar-refractivity contribution in [3.05, 3.63) is 35.4 Å². The van der Waals surface area contributed by atoms with Crippen LogP contribution in [0.15, 0.2) is 24.3 Å². The van der Waals surface area contributed by atoms with E-state index in [1.54, 1.807) is 0 Å². The van der Waals surface area contributed by atoms with E-state index in [0.717, 1.165) is 13.0 Å². The maximum absolute atomic E-state index is 11.8. The van der Waals surface area contributed by atoms with Gasteiger partial charge in [-0.3, -0.25) is 4.79 Å². The van der Waals surface area contributed by atoms with Gasteiger partial charge in [-0.05, 0) is 23.0 Å². The Morgan fingerprint density at radius 1 is 1.25 bits per heavy atom. The highest BCUT2D eigenvalue weighted by Gasteiger charge is 2.28. The Hall–Kier alpha value is -1.35. The molecule has 1 heterocycles. The third-order valence-corrected chi connectivity index (χ3v) is 4.04. The summed E-state index contributed by atoms with van der Waals surface area (Å²) in [5.74, 6) is 0.307. The van der Waals surface area contributed by atoms with Crippen LogP contribution in [0.3, 0.4) is 0 Å². The van der Waals surface area contributed by atoms with Crippen molar-refractivity contribution in [3.8, 4) is 0 Å². The van der Waals surface area contributed by atoms with E-state index in [4.69, 9.17) is 5.11 Å². The van der Waals surface area contributed by atoms with Crippen LogP contribution < -0.4 is 0 Å². The molecule has 0 radical (unpaired) electrons. The number of carbonyl (C=O) groups is 1. The second kappa shape index (κ2) is 5.96. The number of likely N-dealkylation sites (tertiary alicyclic amines) is 1. The van der Waals surface area contributed by atoms with Crippen LogP contribution in [0, 0.1) is 5.92 Å². The normalized spacial score (nSPS) is 19.7. The highest BCUT2D eigenvalue weighted by Crippen LogP contribution is 2.23. The highest BCUT2D eigenvalue weighted by atomic mass is 16.3. The zero-order valence-corrected chi connectivity index (χ0v) is 12.7. The molecule has 2 rings (SSSR count). The predicted molar refractivity (Wildman–Crippen MR) is 80.6 cm³/mol. The van der Waals surface area contributed by atoms with Crippen LogP contribution in [-0.2, 0) is 16.6 Å². The molecular formula is C17H25NO2. The molecule has 1 aliphatic heterocycles. The van der Waals surface area contributed by atoms with E-state index in [2.05, 4.69) is 45.0 Å². The summed E-state index contributed by atoms with van der Waals surface area (Å²) in [6, 6.07) is 8.67. The minimum Gasteiger partial charge on any atom is -0.396 e. The summed E-state index contributed by atoms with van der Waals surface area (Å²) in [6.45, 7) is 8.20. The number of aliphatic hydroxyl groups is 1. The molecule has 0 aliphatic carbocycles. The molecule has 0 bridgehead atoms. The fraction of sp³-hybridized carbons (Fsp3) is 0.588. The number of carbonyl (C=O) groups excluding carboxylic acids is 1. The molecule has 0 spiro atoms. The maximum Gasteiger partial charge on any atom is 0.223 e. The summed E-state index contributed by atoms with van der Waals surface area (Å²) in [5.41, 5.74) is 2.77. The van der Waals surface area contributed by atoms with Gasteiger partial charge in [0.25, 0.3) is 0 Å². The van der Waals surface area contributed by atoms with Gasteiger partial charge in [0.15, 0.2) is 0 Å². The molecule has 20 heavy (non-hydrogen) atoms. The minimum absolute atomic E-state index is 0.114. The number of nitrogens with zero attached hydrogens (tertiary/aromatic N) is 1. The number of amides is 1. The fourth-order valence-corrected chi connectivity index (χ4v) is 2.63. The molecule has 3 heteroatoms. The molecule has 1 N–H and O–H groups in total. The lowest BCUT2D eigenvalue weighted by Gasteiger charge is -2.20. The van der Waals surface area contributed by atoms with Gasteiger partial charge in [0.2, 0.25) is 5.91 Å². The Labute approximate surface area is 121 Å².